The van der Waals surface area contributed by atoms with Crippen molar-refractivity contribution in [1.82, 2.24) is 9.97 Å². The molecule has 3 unspecified atom stereocenters. The van der Waals surface area contributed by atoms with E-state index in [0.717, 1.165) is 25.1 Å². The monoisotopic (exact) mass is 427 g/mol. The number of anilines is 2. The molecular formula is C30H25N3. The van der Waals surface area contributed by atoms with Crippen molar-refractivity contribution in [2.24, 2.45) is 0 Å². The van der Waals surface area contributed by atoms with Crippen molar-refractivity contribution in [3.05, 3.63) is 114 Å². The van der Waals surface area contributed by atoms with Crippen LogP contribution in [0.2, 0.25) is 0 Å². The number of aromatic nitrogens is 2. The van der Waals surface area contributed by atoms with Crippen LogP contribution in [0, 0.1) is 0 Å². The average Bonchev–Trinajstić information content (AvgIpc) is 3.23. The lowest BCUT2D eigenvalue weighted by molar-refractivity contribution is 0.523. The van der Waals surface area contributed by atoms with Crippen molar-refractivity contribution < 1.29 is 0 Å². The van der Waals surface area contributed by atoms with E-state index in [2.05, 4.69) is 83.8 Å². The van der Waals surface area contributed by atoms with Gasteiger partial charge in [-0.3, -0.25) is 4.98 Å². The maximum Gasteiger partial charge on any atom is 0.133 e. The molecule has 3 heteroatoms. The molecule has 0 bridgehead atoms. The van der Waals surface area contributed by atoms with Crippen LogP contribution in [0.25, 0.3) is 16.8 Å². The summed E-state index contributed by atoms with van der Waals surface area (Å²) >= 11 is 0. The van der Waals surface area contributed by atoms with Crippen molar-refractivity contribution in [1.29, 1.82) is 0 Å². The highest BCUT2D eigenvalue weighted by Crippen LogP contribution is 2.53. The molecule has 4 aromatic rings. The first kappa shape index (κ1) is 18.8. The molecule has 3 aliphatic rings. The number of nitrogens with zero attached hydrogens (tertiary/aromatic N) is 3. The van der Waals surface area contributed by atoms with E-state index < -0.39 is 0 Å². The first-order valence-electron chi connectivity index (χ1n) is 11.9. The van der Waals surface area contributed by atoms with Crippen molar-refractivity contribution in [2.75, 3.05) is 4.90 Å². The highest BCUT2D eigenvalue weighted by molar-refractivity contribution is 5.82. The second-order valence-electron chi connectivity index (χ2n) is 9.35. The number of hydrogen-bond acceptors (Lipinski definition) is 3. The van der Waals surface area contributed by atoms with Crippen LogP contribution in [0.4, 0.5) is 11.5 Å². The third-order valence-corrected chi connectivity index (χ3v) is 7.55. The zero-order chi connectivity index (χ0) is 21.8. The predicted molar refractivity (Wildman–Crippen MR) is 135 cm³/mol. The first-order chi connectivity index (χ1) is 16.4. The van der Waals surface area contributed by atoms with Gasteiger partial charge in [0.05, 0.1) is 6.04 Å². The normalized spacial score (nSPS) is 22.8. The van der Waals surface area contributed by atoms with Crippen LogP contribution < -0.4 is 4.90 Å². The molecule has 0 N–H and O–H groups in total. The smallest absolute Gasteiger partial charge is 0.133 e. The highest BCUT2D eigenvalue weighted by Gasteiger charge is 2.43. The molecule has 160 valence electrons. The van der Waals surface area contributed by atoms with Gasteiger partial charge in [-0.2, -0.15) is 0 Å². The fourth-order valence-electron chi connectivity index (χ4n) is 6.05. The van der Waals surface area contributed by atoms with Gasteiger partial charge in [-0.15, -0.1) is 0 Å². The summed E-state index contributed by atoms with van der Waals surface area (Å²) in [5.74, 6) is 1.79. The van der Waals surface area contributed by atoms with Crippen molar-refractivity contribution in [3.63, 3.8) is 0 Å². The Hall–Kier alpha value is -3.72. The van der Waals surface area contributed by atoms with Crippen LogP contribution in [-0.4, -0.2) is 16.0 Å². The van der Waals surface area contributed by atoms with Crippen LogP contribution in [-0.2, 0) is 6.42 Å². The Balaban J connectivity index is 1.36. The van der Waals surface area contributed by atoms with Gasteiger partial charge < -0.3 is 4.90 Å². The minimum Gasteiger partial charge on any atom is -0.319 e. The molecule has 3 nitrogen and oxygen atoms in total. The van der Waals surface area contributed by atoms with Gasteiger partial charge in [-0.1, -0.05) is 60.7 Å². The summed E-state index contributed by atoms with van der Waals surface area (Å²) < 4.78 is 0. The average molecular weight is 428 g/mol. The lowest BCUT2D eigenvalue weighted by Crippen LogP contribution is -2.32. The van der Waals surface area contributed by atoms with Gasteiger partial charge in [0.25, 0.3) is 0 Å². The summed E-state index contributed by atoms with van der Waals surface area (Å²) in [6.07, 6.45) is 16.6. The molecule has 0 amide bonds. The maximum absolute atomic E-state index is 4.88. The zero-order valence-corrected chi connectivity index (χ0v) is 18.4. The lowest BCUT2D eigenvalue weighted by Gasteiger charge is -2.32. The molecular weight excluding hydrogens is 402 g/mol. The van der Waals surface area contributed by atoms with E-state index in [1.165, 1.54) is 38.8 Å². The van der Waals surface area contributed by atoms with Crippen molar-refractivity contribution >= 4 is 28.4 Å². The van der Waals surface area contributed by atoms with Crippen molar-refractivity contribution in [3.8, 4) is 0 Å². The molecule has 1 aliphatic heterocycles. The van der Waals surface area contributed by atoms with E-state index in [-0.39, 0.29) is 0 Å². The third kappa shape index (κ3) is 2.96. The molecule has 33 heavy (non-hydrogen) atoms. The van der Waals surface area contributed by atoms with Crippen LogP contribution in [0.3, 0.4) is 0 Å². The molecule has 0 saturated carbocycles. The van der Waals surface area contributed by atoms with Gasteiger partial charge >= 0.3 is 0 Å². The van der Waals surface area contributed by atoms with E-state index in [4.69, 9.17) is 9.97 Å². The van der Waals surface area contributed by atoms with Crippen LogP contribution in [0.5, 0.6) is 0 Å². The number of pyridine rings is 2. The Morgan fingerprint density at radius 3 is 2.70 bits per heavy atom. The molecule has 0 saturated heterocycles. The quantitative estimate of drug-likeness (QED) is 0.325. The topological polar surface area (TPSA) is 29.0 Å². The molecule has 2 aromatic carbocycles. The van der Waals surface area contributed by atoms with Crippen LogP contribution in [0.15, 0.2) is 91.3 Å². The minimum absolute atomic E-state index is 0.295. The fourth-order valence-corrected chi connectivity index (χ4v) is 6.05. The Bertz CT molecular complexity index is 1420. The molecule has 0 spiro atoms. The fraction of sp³-hybridized carbons (Fsp3) is 0.200. The van der Waals surface area contributed by atoms with Gasteiger partial charge in [0.2, 0.25) is 0 Å². The summed E-state index contributed by atoms with van der Waals surface area (Å²) in [6, 6.07) is 21.9. The predicted octanol–water partition coefficient (Wildman–Crippen LogP) is 6.94. The molecule has 2 aliphatic carbocycles. The van der Waals surface area contributed by atoms with Gasteiger partial charge in [0.15, 0.2) is 0 Å². The third-order valence-electron chi connectivity index (χ3n) is 7.55. The first-order valence-corrected chi connectivity index (χ1v) is 11.9. The largest absolute Gasteiger partial charge is 0.319 e. The SMILES string of the molecule is C1=Cc2ccc3c(c2CC1)C1CC(c2cc4ccccc4cn2)C=CC1N3c1ccccn1. The summed E-state index contributed by atoms with van der Waals surface area (Å²) in [4.78, 5) is 12.1. The Morgan fingerprint density at radius 1 is 0.879 bits per heavy atom. The number of hydrogen-bond donors (Lipinski definition) is 0. The molecule has 2 aromatic heterocycles. The van der Waals surface area contributed by atoms with E-state index in [1.807, 2.05) is 18.5 Å². The molecule has 3 heterocycles. The number of fused-ring (bicyclic) bond motifs is 6. The molecule has 0 radical (unpaired) electrons. The standard InChI is InChI=1S/C30H25N3/c1-2-9-23-19-32-26(18-21(23)8-1)22-13-14-27-25(17-22)30-24-10-4-3-7-20(24)12-15-28(30)33(27)29-11-5-6-16-31-29/h1-3,5-9,11-16,18-19,22,25,27H,4,10,17H2. The van der Waals surface area contributed by atoms with E-state index in [0.29, 0.717) is 17.9 Å². The Morgan fingerprint density at radius 2 is 1.79 bits per heavy atom. The number of rotatable bonds is 2. The Kier molecular flexibility index (Phi) is 4.23. The second kappa shape index (κ2) is 7.41. The minimum atomic E-state index is 0.295. The van der Waals surface area contributed by atoms with Gasteiger partial charge in [-0.05, 0) is 65.6 Å². The van der Waals surface area contributed by atoms with Crippen molar-refractivity contribution in [2.45, 2.75) is 37.1 Å². The van der Waals surface area contributed by atoms with Gasteiger partial charge in [0, 0.05) is 41.0 Å². The van der Waals surface area contributed by atoms with Crippen LogP contribution in [0.1, 0.15) is 47.1 Å². The summed E-state index contributed by atoms with van der Waals surface area (Å²) in [7, 11) is 0. The highest BCUT2D eigenvalue weighted by atomic mass is 15.2. The maximum atomic E-state index is 4.88. The van der Waals surface area contributed by atoms with Gasteiger partial charge in [-0.25, -0.2) is 4.98 Å². The number of allylic oxidation sites excluding steroid dienone is 2. The number of benzene rings is 2. The second-order valence-corrected chi connectivity index (χ2v) is 9.35. The lowest BCUT2D eigenvalue weighted by atomic mass is 9.76. The van der Waals surface area contributed by atoms with E-state index in [9.17, 15) is 0 Å². The van der Waals surface area contributed by atoms with Gasteiger partial charge in [0.1, 0.15) is 5.82 Å². The molecule has 3 atom stereocenters. The molecule has 7 rings (SSSR count). The van der Waals surface area contributed by atoms with E-state index in [1.54, 1.807) is 0 Å². The summed E-state index contributed by atoms with van der Waals surface area (Å²) in [6.45, 7) is 0. The zero-order valence-electron chi connectivity index (χ0n) is 18.4. The summed E-state index contributed by atoms with van der Waals surface area (Å²) in [5.41, 5.74) is 6.95. The molecule has 0 fully saturated rings. The van der Waals surface area contributed by atoms with Crippen LogP contribution >= 0.6 is 0 Å². The van der Waals surface area contributed by atoms with E-state index >= 15 is 0 Å². The Labute approximate surface area is 194 Å². The summed E-state index contributed by atoms with van der Waals surface area (Å²) in [5, 5.41) is 2.47.